The third kappa shape index (κ3) is 2.55. The van der Waals surface area contributed by atoms with Crippen LogP contribution < -0.4 is 0 Å². The summed E-state index contributed by atoms with van der Waals surface area (Å²) < 4.78 is 16.0. The zero-order valence-electron chi connectivity index (χ0n) is 11.9. The highest BCUT2D eigenvalue weighted by atomic mass is 19.1. The molecule has 0 spiro atoms. The Morgan fingerprint density at radius 1 is 1.27 bits per heavy atom. The van der Waals surface area contributed by atoms with Gasteiger partial charge in [-0.05, 0) is 24.3 Å². The Kier molecular flexibility index (Phi) is 3.60. The molecule has 0 bridgehead atoms. The molecule has 0 atom stereocenters. The van der Waals surface area contributed by atoms with E-state index in [1.165, 1.54) is 41.3 Å². The van der Waals surface area contributed by atoms with E-state index >= 15 is 0 Å². The Hall–Kier alpha value is -3.10. The molecule has 0 aliphatic heterocycles. The first-order valence-electron chi connectivity index (χ1n) is 6.32. The third-order valence-electron chi connectivity index (χ3n) is 2.88. The summed E-state index contributed by atoms with van der Waals surface area (Å²) in [6.07, 6.45) is 2.85. The van der Waals surface area contributed by atoms with Gasteiger partial charge in [0.15, 0.2) is 11.6 Å². The Morgan fingerprint density at radius 2 is 2.05 bits per heavy atom. The number of halogens is 1. The van der Waals surface area contributed by atoms with Crippen LogP contribution >= 0.6 is 0 Å². The second kappa shape index (κ2) is 5.72. The summed E-state index contributed by atoms with van der Waals surface area (Å²) >= 11 is 0. The Morgan fingerprint density at radius 3 is 2.68 bits per heavy atom. The van der Waals surface area contributed by atoms with Crippen LogP contribution in [0.2, 0.25) is 0 Å². The fourth-order valence-corrected chi connectivity index (χ4v) is 1.89. The first-order chi connectivity index (χ1) is 10.7. The van der Waals surface area contributed by atoms with Crippen LogP contribution in [0.4, 0.5) is 4.39 Å². The van der Waals surface area contributed by atoms with Crippen LogP contribution in [0.1, 0.15) is 5.82 Å². The minimum absolute atomic E-state index is 0.316. The number of oxime groups is 1. The van der Waals surface area contributed by atoms with Crippen LogP contribution in [0, 0.1) is 5.82 Å². The van der Waals surface area contributed by atoms with E-state index in [0.717, 1.165) is 0 Å². The molecule has 0 fully saturated rings. The van der Waals surface area contributed by atoms with Crippen molar-refractivity contribution in [2.24, 2.45) is 12.2 Å². The van der Waals surface area contributed by atoms with E-state index in [4.69, 9.17) is 4.84 Å². The van der Waals surface area contributed by atoms with Gasteiger partial charge in [0.2, 0.25) is 5.84 Å². The van der Waals surface area contributed by atoms with Crippen LogP contribution in [0.15, 0.2) is 42.1 Å². The number of benzene rings is 1. The minimum Gasteiger partial charge on any atom is -0.397 e. The molecule has 0 amide bonds. The van der Waals surface area contributed by atoms with Gasteiger partial charge in [-0.3, -0.25) is 0 Å². The number of aromatic nitrogens is 6. The van der Waals surface area contributed by atoms with Crippen molar-refractivity contribution < 1.29 is 9.23 Å². The molecular weight excluding hydrogens is 289 g/mol. The summed E-state index contributed by atoms with van der Waals surface area (Å²) in [6, 6.07) is 5.92. The molecule has 22 heavy (non-hydrogen) atoms. The summed E-state index contributed by atoms with van der Waals surface area (Å²) in [5, 5.41) is 12.2. The highest BCUT2D eigenvalue weighted by Gasteiger charge is 2.18. The normalized spacial score (nSPS) is 11.7. The largest absolute Gasteiger partial charge is 0.397 e. The molecule has 1 aromatic carbocycles. The molecule has 3 aromatic rings. The Balaban J connectivity index is 2.04. The highest BCUT2D eigenvalue weighted by Crippen LogP contribution is 2.16. The molecule has 8 nitrogen and oxygen atoms in total. The van der Waals surface area contributed by atoms with Gasteiger partial charge in [0.05, 0.1) is 0 Å². The molecule has 2 aromatic heterocycles. The van der Waals surface area contributed by atoms with Crippen LogP contribution in [0.25, 0.3) is 11.4 Å². The summed E-state index contributed by atoms with van der Waals surface area (Å²) in [7, 11) is 3.14. The molecule has 3 rings (SSSR count). The fraction of sp³-hybridized carbons (Fsp3) is 0.154. The van der Waals surface area contributed by atoms with Gasteiger partial charge in [-0.2, -0.15) is 14.9 Å². The maximum absolute atomic E-state index is 13.0. The number of hydrogen-bond donors (Lipinski definition) is 0. The van der Waals surface area contributed by atoms with Gasteiger partial charge < -0.3 is 4.84 Å². The van der Waals surface area contributed by atoms with Crippen molar-refractivity contribution in [1.29, 1.82) is 0 Å². The standard InChI is InChI=1S/C13H12FN7O/c1-20-12(13(19-22-2)21-8-15-7-16-21)17-11(18-20)9-3-5-10(14)6-4-9/h3-8H,1-2H3. The van der Waals surface area contributed by atoms with Crippen molar-refractivity contribution in [2.75, 3.05) is 7.11 Å². The Labute approximate surface area is 124 Å². The van der Waals surface area contributed by atoms with E-state index in [-0.39, 0.29) is 5.82 Å². The fourth-order valence-electron chi connectivity index (χ4n) is 1.89. The maximum atomic E-state index is 13.0. The maximum Gasteiger partial charge on any atom is 0.238 e. The third-order valence-corrected chi connectivity index (χ3v) is 2.88. The van der Waals surface area contributed by atoms with Gasteiger partial charge in [0.1, 0.15) is 25.6 Å². The van der Waals surface area contributed by atoms with Crippen molar-refractivity contribution >= 4 is 5.84 Å². The van der Waals surface area contributed by atoms with E-state index in [2.05, 4.69) is 25.3 Å². The topological polar surface area (TPSA) is 83.0 Å². The number of nitrogens with zero attached hydrogens (tertiary/aromatic N) is 7. The quantitative estimate of drug-likeness (QED) is 0.410. The van der Waals surface area contributed by atoms with Crippen LogP contribution in [0.3, 0.4) is 0 Å². The van der Waals surface area contributed by atoms with Crippen LogP contribution in [0.5, 0.6) is 0 Å². The minimum atomic E-state index is -0.316. The van der Waals surface area contributed by atoms with Gasteiger partial charge in [0.25, 0.3) is 0 Å². The summed E-state index contributed by atoms with van der Waals surface area (Å²) in [6.45, 7) is 0. The second-order valence-electron chi connectivity index (χ2n) is 4.33. The van der Waals surface area contributed by atoms with Crippen molar-refractivity contribution in [3.05, 3.63) is 48.6 Å². The predicted octanol–water partition coefficient (Wildman–Crippen LogP) is 1.07. The van der Waals surface area contributed by atoms with Crippen molar-refractivity contribution in [3.63, 3.8) is 0 Å². The van der Waals surface area contributed by atoms with E-state index in [1.54, 1.807) is 19.2 Å². The lowest BCUT2D eigenvalue weighted by Gasteiger charge is -2.02. The van der Waals surface area contributed by atoms with Gasteiger partial charge >= 0.3 is 0 Å². The molecule has 112 valence electrons. The van der Waals surface area contributed by atoms with Crippen molar-refractivity contribution in [2.45, 2.75) is 0 Å². The summed E-state index contributed by atoms with van der Waals surface area (Å²) in [5.41, 5.74) is 0.693. The van der Waals surface area contributed by atoms with Crippen LogP contribution in [-0.2, 0) is 11.9 Å². The zero-order chi connectivity index (χ0) is 15.5. The SMILES string of the molecule is CON=C(c1nc(-c2ccc(F)cc2)nn1C)n1cncn1. The average molecular weight is 301 g/mol. The van der Waals surface area contributed by atoms with E-state index in [1.807, 2.05) is 0 Å². The molecule has 0 radical (unpaired) electrons. The molecule has 0 unspecified atom stereocenters. The molecule has 0 aliphatic rings. The van der Waals surface area contributed by atoms with E-state index in [9.17, 15) is 4.39 Å². The van der Waals surface area contributed by atoms with Crippen molar-refractivity contribution in [3.8, 4) is 11.4 Å². The second-order valence-corrected chi connectivity index (χ2v) is 4.33. The molecule has 0 aliphatic carbocycles. The summed E-state index contributed by atoms with van der Waals surface area (Å²) in [5.74, 6) is 0.903. The van der Waals surface area contributed by atoms with E-state index in [0.29, 0.717) is 23.0 Å². The molecule has 9 heteroatoms. The smallest absolute Gasteiger partial charge is 0.238 e. The first-order valence-corrected chi connectivity index (χ1v) is 6.32. The number of rotatable bonds is 3. The lowest BCUT2D eigenvalue weighted by molar-refractivity contribution is 0.211. The van der Waals surface area contributed by atoms with Gasteiger partial charge in [-0.25, -0.2) is 19.0 Å². The molecule has 0 N–H and O–H groups in total. The van der Waals surface area contributed by atoms with Crippen LogP contribution in [-0.4, -0.2) is 42.5 Å². The Bertz CT molecular complexity index is 792. The predicted molar refractivity (Wildman–Crippen MR) is 75.4 cm³/mol. The number of aryl methyl sites for hydroxylation is 1. The molecule has 0 saturated carbocycles. The highest BCUT2D eigenvalue weighted by molar-refractivity contribution is 5.96. The summed E-state index contributed by atoms with van der Waals surface area (Å²) in [4.78, 5) is 13.1. The lowest BCUT2D eigenvalue weighted by Crippen LogP contribution is -2.19. The monoisotopic (exact) mass is 301 g/mol. The first kappa shape index (κ1) is 13.9. The zero-order valence-corrected chi connectivity index (χ0v) is 11.9. The van der Waals surface area contributed by atoms with E-state index < -0.39 is 0 Å². The molecular formula is C13H12FN7O. The van der Waals surface area contributed by atoms with Crippen molar-refractivity contribution in [1.82, 2.24) is 29.5 Å². The van der Waals surface area contributed by atoms with Gasteiger partial charge in [-0.15, -0.1) is 0 Å². The van der Waals surface area contributed by atoms with Gasteiger partial charge in [0, 0.05) is 12.6 Å². The average Bonchev–Trinajstić information content (AvgIpc) is 3.16. The molecule has 2 heterocycles. The van der Waals surface area contributed by atoms with Gasteiger partial charge in [-0.1, -0.05) is 5.16 Å². The lowest BCUT2D eigenvalue weighted by atomic mass is 10.2. The number of hydrogen-bond acceptors (Lipinski definition) is 6. The molecule has 0 saturated heterocycles.